The second kappa shape index (κ2) is 7.32. The van der Waals surface area contributed by atoms with E-state index < -0.39 is 4.92 Å². The maximum Gasteiger partial charge on any atom is 0.354 e. The number of fused-ring (bicyclic) bond motifs is 1. The average molecular weight is 398 g/mol. The molecule has 2 aromatic carbocycles. The summed E-state index contributed by atoms with van der Waals surface area (Å²) in [6, 6.07) is 12.8. The predicted molar refractivity (Wildman–Crippen MR) is 107 cm³/mol. The number of para-hydroxylation sites is 1. The Hall–Kier alpha value is -3.39. The standard InChI is InChI=1S/C19H16ClN5O3/c1-28-16-7-6-13(20)10-14(16)23-18-17(25(26)27)19(22-11-21-18)24-9-8-12-4-2-3-5-15(12)24/h2-7,10-11H,8-9H2,1H3,(H,21,22,23). The van der Waals surface area contributed by atoms with Gasteiger partial charge in [0.05, 0.1) is 17.7 Å². The van der Waals surface area contributed by atoms with E-state index in [9.17, 15) is 10.1 Å². The van der Waals surface area contributed by atoms with Gasteiger partial charge in [-0.15, -0.1) is 0 Å². The summed E-state index contributed by atoms with van der Waals surface area (Å²) >= 11 is 6.06. The second-order valence-electron chi connectivity index (χ2n) is 6.15. The second-order valence-corrected chi connectivity index (χ2v) is 6.59. The van der Waals surface area contributed by atoms with Crippen molar-refractivity contribution in [2.75, 3.05) is 23.9 Å². The maximum absolute atomic E-state index is 11.9. The van der Waals surface area contributed by atoms with Gasteiger partial charge in [-0.25, -0.2) is 9.97 Å². The molecule has 2 heterocycles. The highest BCUT2D eigenvalue weighted by Gasteiger charge is 2.31. The minimum atomic E-state index is -0.477. The number of nitrogens with one attached hydrogen (secondary N) is 1. The van der Waals surface area contributed by atoms with Crippen molar-refractivity contribution in [1.82, 2.24) is 9.97 Å². The molecule has 1 aliphatic heterocycles. The number of anilines is 4. The Morgan fingerprint density at radius 3 is 2.86 bits per heavy atom. The van der Waals surface area contributed by atoms with Crippen LogP contribution in [-0.4, -0.2) is 28.5 Å². The van der Waals surface area contributed by atoms with Gasteiger partial charge in [0.25, 0.3) is 0 Å². The van der Waals surface area contributed by atoms with E-state index in [0.29, 0.717) is 23.0 Å². The summed E-state index contributed by atoms with van der Waals surface area (Å²) < 4.78 is 5.30. The van der Waals surface area contributed by atoms with Crippen LogP contribution in [0.5, 0.6) is 5.75 Å². The van der Waals surface area contributed by atoms with E-state index in [0.717, 1.165) is 17.7 Å². The Morgan fingerprint density at radius 2 is 2.07 bits per heavy atom. The molecular weight excluding hydrogens is 382 g/mol. The predicted octanol–water partition coefficient (Wildman–Crippen LogP) is 4.48. The van der Waals surface area contributed by atoms with E-state index in [1.165, 1.54) is 13.4 Å². The molecule has 8 nitrogen and oxygen atoms in total. The van der Waals surface area contributed by atoms with Crippen LogP contribution in [0.25, 0.3) is 0 Å². The molecule has 0 unspecified atom stereocenters. The first-order valence-electron chi connectivity index (χ1n) is 8.54. The normalized spacial score (nSPS) is 12.6. The molecule has 0 amide bonds. The maximum atomic E-state index is 11.9. The lowest BCUT2D eigenvalue weighted by molar-refractivity contribution is -0.383. The average Bonchev–Trinajstić information content (AvgIpc) is 3.12. The van der Waals surface area contributed by atoms with Gasteiger partial charge in [0.1, 0.15) is 12.1 Å². The summed E-state index contributed by atoms with van der Waals surface area (Å²) in [4.78, 5) is 21.6. The Balaban J connectivity index is 1.80. The molecule has 4 rings (SSSR count). The van der Waals surface area contributed by atoms with Gasteiger partial charge in [-0.3, -0.25) is 10.1 Å². The topological polar surface area (TPSA) is 93.4 Å². The zero-order valence-electron chi connectivity index (χ0n) is 14.9. The first-order chi connectivity index (χ1) is 13.6. The fraction of sp³-hybridized carbons (Fsp3) is 0.158. The highest BCUT2D eigenvalue weighted by molar-refractivity contribution is 6.31. The number of nitro groups is 1. The van der Waals surface area contributed by atoms with Crippen molar-refractivity contribution in [1.29, 1.82) is 0 Å². The molecule has 0 atom stereocenters. The lowest BCUT2D eigenvalue weighted by atomic mass is 10.2. The van der Waals surface area contributed by atoms with Gasteiger partial charge in [-0.2, -0.15) is 0 Å². The van der Waals surface area contributed by atoms with Crippen molar-refractivity contribution in [2.24, 2.45) is 0 Å². The number of ether oxygens (including phenoxy) is 1. The SMILES string of the molecule is COc1ccc(Cl)cc1Nc1ncnc(N2CCc3ccccc32)c1[N+](=O)[O-]. The van der Waals surface area contributed by atoms with Crippen LogP contribution in [0.15, 0.2) is 48.8 Å². The van der Waals surface area contributed by atoms with E-state index in [2.05, 4.69) is 15.3 Å². The van der Waals surface area contributed by atoms with Gasteiger partial charge in [-0.1, -0.05) is 29.8 Å². The third kappa shape index (κ3) is 3.18. The minimum Gasteiger partial charge on any atom is -0.495 e. The van der Waals surface area contributed by atoms with Gasteiger partial charge in [0.2, 0.25) is 11.6 Å². The van der Waals surface area contributed by atoms with Gasteiger partial charge in [0, 0.05) is 17.3 Å². The highest BCUT2D eigenvalue weighted by Crippen LogP contribution is 2.41. The lowest BCUT2D eigenvalue weighted by Gasteiger charge is -2.19. The number of aromatic nitrogens is 2. The summed E-state index contributed by atoms with van der Waals surface area (Å²) in [5.41, 5.74) is 2.31. The summed E-state index contributed by atoms with van der Waals surface area (Å²) in [7, 11) is 1.51. The molecule has 3 aromatic rings. The Bertz CT molecular complexity index is 1060. The van der Waals surface area contributed by atoms with Crippen LogP contribution in [0.2, 0.25) is 5.02 Å². The molecule has 0 bridgehead atoms. The van der Waals surface area contributed by atoms with Crippen molar-refractivity contribution < 1.29 is 9.66 Å². The molecule has 0 spiro atoms. The smallest absolute Gasteiger partial charge is 0.354 e. The molecule has 0 saturated heterocycles. The molecule has 1 N–H and O–H groups in total. The monoisotopic (exact) mass is 397 g/mol. The number of hydrogen-bond acceptors (Lipinski definition) is 7. The van der Waals surface area contributed by atoms with E-state index in [-0.39, 0.29) is 17.3 Å². The van der Waals surface area contributed by atoms with Crippen LogP contribution in [0.1, 0.15) is 5.56 Å². The zero-order chi connectivity index (χ0) is 19.7. The summed E-state index contributed by atoms with van der Waals surface area (Å²) in [5.74, 6) is 0.804. The fourth-order valence-corrected chi connectivity index (χ4v) is 3.46. The number of halogens is 1. The summed E-state index contributed by atoms with van der Waals surface area (Å²) in [6.45, 7) is 0.608. The van der Waals surface area contributed by atoms with Crippen molar-refractivity contribution in [3.63, 3.8) is 0 Å². The van der Waals surface area contributed by atoms with E-state index in [1.807, 2.05) is 29.2 Å². The molecule has 1 aliphatic rings. The van der Waals surface area contributed by atoms with Crippen LogP contribution in [0, 0.1) is 10.1 Å². The van der Waals surface area contributed by atoms with Crippen molar-refractivity contribution in [3.05, 3.63) is 69.5 Å². The fourth-order valence-electron chi connectivity index (χ4n) is 3.29. The van der Waals surface area contributed by atoms with Crippen LogP contribution in [-0.2, 0) is 6.42 Å². The Labute approximate surface area is 165 Å². The minimum absolute atomic E-state index is 0.0694. The molecule has 1 aromatic heterocycles. The highest BCUT2D eigenvalue weighted by atomic mass is 35.5. The van der Waals surface area contributed by atoms with Crippen LogP contribution < -0.4 is 15.0 Å². The number of benzene rings is 2. The van der Waals surface area contributed by atoms with Crippen LogP contribution >= 0.6 is 11.6 Å². The summed E-state index contributed by atoms with van der Waals surface area (Å²) in [5, 5.41) is 15.4. The molecule has 9 heteroatoms. The van der Waals surface area contributed by atoms with Gasteiger partial charge < -0.3 is 15.0 Å². The van der Waals surface area contributed by atoms with Crippen LogP contribution in [0.3, 0.4) is 0 Å². The Morgan fingerprint density at radius 1 is 1.25 bits per heavy atom. The van der Waals surface area contributed by atoms with Crippen molar-refractivity contribution >= 4 is 40.3 Å². The van der Waals surface area contributed by atoms with Crippen LogP contribution in [0.4, 0.5) is 28.7 Å². The number of hydrogen-bond donors (Lipinski definition) is 1. The van der Waals surface area contributed by atoms with Crippen molar-refractivity contribution in [3.8, 4) is 5.75 Å². The molecule has 28 heavy (non-hydrogen) atoms. The summed E-state index contributed by atoms with van der Waals surface area (Å²) in [6.07, 6.45) is 2.10. The van der Waals surface area contributed by atoms with Crippen molar-refractivity contribution in [2.45, 2.75) is 6.42 Å². The third-order valence-corrected chi connectivity index (χ3v) is 4.78. The molecule has 0 fully saturated rings. The van der Waals surface area contributed by atoms with Gasteiger partial charge in [-0.05, 0) is 36.2 Å². The molecule has 142 valence electrons. The number of methoxy groups -OCH3 is 1. The van der Waals surface area contributed by atoms with Gasteiger partial charge in [0.15, 0.2) is 0 Å². The number of nitrogens with zero attached hydrogens (tertiary/aromatic N) is 4. The first kappa shape index (κ1) is 18.0. The molecule has 0 radical (unpaired) electrons. The molecule has 0 aliphatic carbocycles. The molecular formula is C19H16ClN5O3. The Kier molecular flexibility index (Phi) is 4.70. The lowest BCUT2D eigenvalue weighted by Crippen LogP contribution is -2.17. The zero-order valence-corrected chi connectivity index (χ0v) is 15.7. The third-order valence-electron chi connectivity index (χ3n) is 4.54. The quantitative estimate of drug-likeness (QED) is 0.501. The van der Waals surface area contributed by atoms with E-state index >= 15 is 0 Å². The molecule has 0 saturated carbocycles. The first-order valence-corrected chi connectivity index (χ1v) is 8.91. The van der Waals surface area contributed by atoms with Gasteiger partial charge >= 0.3 is 5.69 Å². The van der Waals surface area contributed by atoms with E-state index in [1.54, 1.807) is 18.2 Å². The van der Waals surface area contributed by atoms with E-state index in [4.69, 9.17) is 16.3 Å². The largest absolute Gasteiger partial charge is 0.495 e. The number of rotatable bonds is 5.